The third kappa shape index (κ3) is 5.72. The number of benzene rings is 2. The van der Waals surface area contributed by atoms with Crippen LogP contribution in [0.15, 0.2) is 52.3 Å². The highest BCUT2D eigenvalue weighted by atomic mass is 35.5. The van der Waals surface area contributed by atoms with Crippen LogP contribution in [-0.2, 0) is 31.4 Å². The van der Waals surface area contributed by atoms with Crippen molar-refractivity contribution in [3.63, 3.8) is 0 Å². The highest BCUT2D eigenvalue weighted by Gasteiger charge is 2.35. The van der Waals surface area contributed by atoms with Crippen LogP contribution in [0.1, 0.15) is 18.4 Å². The van der Waals surface area contributed by atoms with Crippen molar-refractivity contribution in [2.45, 2.75) is 29.2 Å². The number of amides is 1. The van der Waals surface area contributed by atoms with Gasteiger partial charge in [-0.25, -0.2) is 21.1 Å². The lowest BCUT2D eigenvalue weighted by molar-refractivity contribution is -0.126. The second-order valence-electron chi connectivity index (χ2n) is 8.15. The maximum absolute atomic E-state index is 13.2. The topological polar surface area (TPSA) is 113 Å². The van der Waals surface area contributed by atoms with E-state index >= 15 is 0 Å². The van der Waals surface area contributed by atoms with Crippen LogP contribution in [0.3, 0.4) is 0 Å². The van der Waals surface area contributed by atoms with Gasteiger partial charge in [-0.05, 0) is 48.7 Å². The summed E-state index contributed by atoms with van der Waals surface area (Å²) in [5, 5.41) is 3.10. The minimum absolute atomic E-state index is 0.0312. The molecule has 0 spiro atoms. The Balaban J connectivity index is 1.66. The second kappa shape index (κ2) is 10.6. The molecule has 2 aromatic rings. The summed E-state index contributed by atoms with van der Waals surface area (Å²) in [5.74, 6) is -0.583. The molecule has 3 rings (SSSR count). The third-order valence-corrected chi connectivity index (χ3v) is 9.62. The van der Waals surface area contributed by atoms with E-state index in [2.05, 4.69) is 5.32 Å². The summed E-state index contributed by atoms with van der Waals surface area (Å²) < 4.78 is 58.4. The fourth-order valence-corrected chi connectivity index (χ4v) is 6.53. The quantitative estimate of drug-likeness (QED) is 0.561. The second-order valence-corrected chi connectivity index (χ2v) is 12.6. The summed E-state index contributed by atoms with van der Waals surface area (Å²) in [5.41, 5.74) is 0.731. The molecule has 12 heteroatoms. The molecule has 186 valence electrons. The summed E-state index contributed by atoms with van der Waals surface area (Å²) in [6, 6.07) is 10.7. The smallest absolute Gasteiger partial charge is 0.246 e. The van der Waals surface area contributed by atoms with E-state index in [1.165, 1.54) is 49.8 Å². The standard InChI is InChI=1S/C22H28ClN3O6S2/c1-25(2)33(28,29)19-9-6-16(7-10-19)14-24-22(27)17-5-4-12-26(15-17)34(30,31)21-13-18(23)8-11-20(21)32-3/h6-11,13,17H,4-5,12,14-15H2,1-3H3,(H,24,27)/t17-/m1/s1. The maximum Gasteiger partial charge on any atom is 0.246 e. The molecule has 0 radical (unpaired) electrons. The summed E-state index contributed by atoms with van der Waals surface area (Å²) in [6.45, 7) is 0.542. The van der Waals surface area contributed by atoms with Crippen LogP contribution in [0.25, 0.3) is 0 Å². The summed E-state index contributed by atoms with van der Waals surface area (Å²) in [7, 11) is -3.13. The Hall–Kier alpha value is -2.18. The van der Waals surface area contributed by atoms with Crippen LogP contribution in [0.2, 0.25) is 5.02 Å². The molecule has 9 nitrogen and oxygen atoms in total. The van der Waals surface area contributed by atoms with Gasteiger partial charge in [-0.2, -0.15) is 4.31 Å². The molecule has 0 aliphatic carbocycles. The minimum Gasteiger partial charge on any atom is -0.495 e. The van der Waals surface area contributed by atoms with E-state index in [9.17, 15) is 21.6 Å². The van der Waals surface area contributed by atoms with Gasteiger partial charge in [0.25, 0.3) is 0 Å². The predicted octanol–water partition coefficient (Wildman–Crippen LogP) is 2.32. The first-order valence-electron chi connectivity index (χ1n) is 10.6. The number of hydrogen-bond donors (Lipinski definition) is 1. The molecule has 1 N–H and O–H groups in total. The Morgan fingerprint density at radius 2 is 1.82 bits per heavy atom. The molecule has 0 bridgehead atoms. The van der Waals surface area contributed by atoms with Crippen molar-refractivity contribution < 1.29 is 26.4 Å². The highest BCUT2D eigenvalue weighted by Crippen LogP contribution is 2.32. The number of nitrogens with one attached hydrogen (secondary N) is 1. The van der Waals surface area contributed by atoms with Crippen molar-refractivity contribution >= 4 is 37.6 Å². The first-order chi connectivity index (χ1) is 16.0. The lowest BCUT2D eigenvalue weighted by atomic mass is 9.99. The number of methoxy groups -OCH3 is 1. The number of carbonyl (C=O) groups is 1. The molecule has 0 saturated carbocycles. The van der Waals surface area contributed by atoms with Gasteiger partial charge in [-0.3, -0.25) is 4.79 Å². The fraction of sp³-hybridized carbons (Fsp3) is 0.409. The molecule has 2 aromatic carbocycles. The van der Waals surface area contributed by atoms with Gasteiger partial charge in [0, 0.05) is 38.8 Å². The summed E-state index contributed by atoms with van der Waals surface area (Å²) >= 11 is 6.01. The van der Waals surface area contributed by atoms with Gasteiger partial charge >= 0.3 is 0 Å². The molecular formula is C22H28ClN3O6S2. The Morgan fingerprint density at radius 1 is 1.15 bits per heavy atom. The number of sulfonamides is 2. The number of nitrogens with zero attached hydrogens (tertiary/aromatic N) is 2. The van der Waals surface area contributed by atoms with Crippen molar-refractivity contribution in [3.05, 3.63) is 53.1 Å². The van der Waals surface area contributed by atoms with Gasteiger partial charge in [0.1, 0.15) is 10.6 Å². The number of halogens is 1. The lowest BCUT2D eigenvalue weighted by Crippen LogP contribution is -2.45. The zero-order valence-corrected chi connectivity index (χ0v) is 21.6. The summed E-state index contributed by atoms with van der Waals surface area (Å²) in [6.07, 6.45) is 1.10. The molecular weight excluding hydrogens is 502 g/mol. The van der Waals surface area contributed by atoms with Crippen LogP contribution in [-0.4, -0.2) is 65.6 Å². The normalized spacial score (nSPS) is 17.5. The average molecular weight is 530 g/mol. The zero-order chi connectivity index (χ0) is 25.1. The first kappa shape index (κ1) is 26.4. The van der Waals surface area contributed by atoms with Crippen molar-refractivity contribution in [3.8, 4) is 5.75 Å². The molecule has 1 fully saturated rings. The lowest BCUT2D eigenvalue weighted by Gasteiger charge is -2.31. The van der Waals surface area contributed by atoms with Crippen LogP contribution >= 0.6 is 11.6 Å². The van der Waals surface area contributed by atoms with Crippen molar-refractivity contribution in [2.24, 2.45) is 5.92 Å². The predicted molar refractivity (Wildman–Crippen MR) is 129 cm³/mol. The summed E-state index contributed by atoms with van der Waals surface area (Å²) in [4.78, 5) is 12.9. The zero-order valence-electron chi connectivity index (χ0n) is 19.2. The van der Waals surface area contributed by atoms with Crippen LogP contribution in [0, 0.1) is 5.92 Å². The largest absolute Gasteiger partial charge is 0.495 e. The van der Waals surface area contributed by atoms with E-state index in [1.54, 1.807) is 18.2 Å². The molecule has 1 amide bonds. The minimum atomic E-state index is -3.90. The Labute approximate surface area is 205 Å². The number of rotatable bonds is 8. The molecule has 0 aromatic heterocycles. The average Bonchev–Trinajstić information content (AvgIpc) is 2.82. The Bertz CT molecular complexity index is 1250. The fourth-order valence-electron chi connectivity index (χ4n) is 3.69. The van der Waals surface area contributed by atoms with Gasteiger partial charge in [0.05, 0.1) is 17.9 Å². The number of ether oxygens (including phenoxy) is 1. The van der Waals surface area contributed by atoms with Crippen LogP contribution < -0.4 is 10.1 Å². The molecule has 0 unspecified atom stereocenters. The first-order valence-corrected chi connectivity index (χ1v) is 13.9. The van der Waals surface area contributed by atoms with E-state index in [0.29, 0.717) is 19.4 Å². The van der Waals surface area contributed by atoms with E-state index in [4.69, 9.17) is 16.3 Å². The van der Waals surface area contributed by atoms with Crippen LogP contribution in [0.4, 0.5) is 0 Å². The van der Waals surface area contributed by atoms with E-state index in [0.717, 1.165) is 9.87 Å². The van der Waals surface area contributed by atoms with E-state index in [1.807, 2.05) is 0 Å². The van der Waals surface area contributed by atoms with Gasteiger partial charge in [0.2, 0.25) is 26.0 Å². The molecule has 34 heavy (non-hydrogen) atoms. The van der Waals surface area contributed by atoms with Crippen molar-refractivity contribution in [1.29, 1.82) is 0 Å². The van der Waals surface area contributed by atoms with E-state index < -0.39 is 26.0 Å². The molecule has 1 aliphatic rings. The van der Waals surface area contributed by atoms with E-state index in [-0.39, 0.29) is 39.6 Å². The SMILES string of the molecule is COc1ccc(Cl)cc1S(=O)(=O)N1CCC[C@@H](C(=O)NCc2ccc(S(=O)(=O)N(C)C)cc2)C1. The van der Waals surface area contributed by atoms with Gasteiger partial charge < -0.3 is 10.1 Å². The maximum atomic E-state index is 13.2. The highest BCUT2D eigenvalue weighted by molar-refractivity contribution is 7.89. The molecule has 1 atom stereocenters. The monoisotopic (exact) mass is 529 g/mol. The Morgan fingerprint density at radius 3 is 2.44 bits per heavy atom. The van der Waals surface area contributed by atoms with Gasteiger partial charge in [0.15, 0.2) is 0 Å². The third-order valence-electron chi connectivity index (χ3n) is 5.67. The van der Waals surface area contributed by atoms with Crippen molar-refractivity contribution in [2.75, 3.05) is 34.3 Å². The van der Waals surface area contributed by atoms with Crippen LogP contribution in [0.5, 0.6) is 5.75 Å². The number of piperidine rings is 1. The molecule has 1 saturated heterocycles. The van der Waals surface area contributed by atoms with Gasteiger partial charge in [-0.1, -0.05) is 23.7 Å². The Kier molecular flexibility index (Phi) is 8.25. The number of hydrogen-bond acceptors (Lipinski definition) is 6. The molecule has 1 heterocycles. The van der Waals surface area contributed by atoms with Crippen molar-refractivity contribution in [1.82, 2.24) is 13.9 Å². The molecule has 1 aliphatic heterocycles. The number of carbonyl (C=O) groups excluding carboxylic acids is 1. The van der Waals surface area contributed by atoms with Gasteiger partial charge in [-0.15, -0.1) is 0 Å².